The van der Waals surface area contributed by atoms with Gasteiger partial charge in [-0.2, -0.15) is 0 Å². The van der Waals surface area contributed by atoms with Crippen molar-refractivity contribution < 1.29 is 14.7 Å². The first-order valence-corrected chi connectivity index (χ1v) is 7.89. The van der Waals surface area contributed by atoms with E-state index in [1.165, 1.54) is 0 Å². The summed E-state index contributed by atoms with van der Waals surface area (Å²) in [5, 5.41) is 9.82. The quantitative estimate of drug-likeness (QED) is 0.821. The molecular weight excluding hydrogens is 294 g/mol. The molecule has 0 aromatic heterocycles. The molecule has 3 N–H and O–H groups in total. The number of carbonyl (C=O) groups excluding carboxylic acids is 2. The van der Waals surface area contributed by atoms with Gasteiger partial charge < -0.3 is 15.7 Å². The number of nitrogens with zero attached hydrogens (tertiary/aromatic N) is 2. The number of likely N-dealkylation sites (tertiary alicyclic amines) is 1. The lowest BCUT2D eigenvalue weighted by Gasteiger charge is -2.38. The fraction of sp³-hybridized carbons (Fsp3) is 0.529. The molecule has 6 nitrogen and oxygen atoms in total. The van der Waals surface area contributed by atoms with Crippen molar-refractivity contribution in [2.45, 2.75) is 25.0 Å². The van der Waals surface area contributed by atoms with E-state index in [1.54, 1.807) is 19.0 Å². The van der Waals surface area contributed by atoms with E-state index in [9.17, 15) is 14.7 Å². The molecule has 6 heteroatoms. The number of primary amides is 1. The molecular formula is C17H25N3O3. The van der Waals surface area contributed by atoms with Crippen molar-refractivity contribution in [3.05, 3.63) is 35.9 Å². The molecule has 23 heavy (non-hydrogen) atoms. The van der Waals surface area contributed by atoms with Crippen LogP contribution in [0, 0.1) is 5.92 Å². The van der Waals surface area contributed by atoms with Gasteiger partial charge >= 0.3 is 0 Å². The Balaban J connectivity index is 2.13. The van der Waals surface area contributed by atoms with Gasteiger partial charge in [0.05, 0.1) is 0 Å². The fourth-order valence-corrected chi connectivity index (χ4v) is 3.12. The van der Waals surface area contributed by atoms with E-state index in [1.807, 2.05) is 30.3 Å². The van der Waals surface area contributed by atoms with Gasteiger partial charge in [0.1, 0.15) is 12.1 Å². The zero-order valence-corrected chi connectivity index (χ0v) is 13.7. The van der Waals surface area contributed by atoms with Crippen LogP contribution in [-0.2, 0) is 9.59 Å². The van der Waals surface area contributed by atoms with Crippen LogP contribution in [0.25, 0.3) is 0 Å². The van der Waals surface area contributed by atoms with E-state index >= 15 is 0 Å². The van der Waals surface area contributed by atoms with Crippen LogP contribution in [0.3, 0.4) is 0 Å². The van der Waals surface area contributed by atoms with Gasteiger partial charge in [0.2, 0.25) is 11.8 Å². The number of nitrogens with two attached hydrogens (primary N) is 1. The number of hydrogen-bond acceptors (Lipinski definition) is 4. The summed E-state index contributed by atoms with van der Waals surface area (Å²) in [4.78, 5) is 27.5. The lowest BCUT2D eigenvalue weighted by Crippen LogP contribution is -2.47. The van der Waals surface area contributed by atoms with E-state index < -0.39 is 12.0 Å². The summed E-state index contributed by atoms with van der Waals surface area (Å²) in [7, 11) is 3.50. The predicted octanol–water partition coefficient (Wildman–Crippen LogP) is 0.374. The van der Waals surface area contributed by atoms with Crippen LogP contribution in [0.1, 0.15) is 24.4 Å². The van der Waals surface area contributed by atoms with Crippen LogP contribution in [0.15, 0.2) is 30.3 Å². The summed E-state index contributed by atoms with van der Waals surface area (Å²) < 4.78 is 0. The third kappa shape index (κ3) is 4.09. The molecule has 0 saturated carbocycles. The largest absolute Gasteiger partial charge is 0.383 e. The molecule has 0 bridgehead atoms. The van der Waals surface area contributed by atoms with Crippen molar-refractivity contribution in [2.75, 3.05) is 27.2 Å². The molecule has 0 unspecified atom stereocenters. The lowest BCUT2D eigenvalue weighted by molar-refractivity contribution is -0.137. The van der Waals surface area contributed by atoms with Crippen molar-refractivity contribution in [1.29, 1.82) is 0 Å². The summed E-state index contributed by atoms with van der Waals surface area (Å²) in [5.41, 5.74) is 6.14. The Kier molecular flexibility index (Phi) is 5.74. The second-order valence-electron chi connectivity index (χ2n) is 6.27. The molecule has 2 rings (SSSR count). The Morgan fingerprint density at radius 3 is 2.26 bits per heavy atom. The van der Waals surface area contributed by atoms with E-state index in [0.29, 0.717) is 25.9 Å². The standard InChI is InChI=1S/C17H25N3O3/c1-19(2)17(23)14(12-6-4-3-5-7-12)20-10-8-13(9-11-20)15(21)16(18)22/h3-7,13-15,21H,8-11H2,1-2H3,(H2,18,22)/t14-,15-/m1/s1. The second kappa shape index (κ2) is 7.57. The molecule has 2 amide bonds. The third-order valence-electron chi connectivity index (χ3n) is 4.47. The normalized spacial score (nSPS) is 19.1. The number of likely N-dealkylation sites (N-methyl/N-ethyl adjacent to an activating group) is 1. The first kappa shape index (κ1) is 17.4. The van der Waals surface area contributed by atoms with Gasteiger partial charge in [0.15, 0.2) is 0 Å². The number of piperidine rings is 1. The van der Waals surface area contributed by atoms with E-state index in [0.717, 1.165) is 5.56 Å². The first-order chi connectivity index (χ1) is 10.9. The summed E-state index contributed by atoms with van der Waals surface area (Å²) in [5.74, 6) is -0.771. The molecule has 1 aliphatic heterocycles. The zero-order valence-electron chi connectivity index (χ0n) is 13.7. The second-order valence-corrected chi connectivity index (χ2v) is 6.27. The topological polar surface area (TPSA) is 86.9 Å². The van der Waals surface area contributed by atoms with Gasteiger partial charge in [-0.3, -0.25) is 14.5 Å². The Hall–Kier alpha value is -1.92. The van der Waals surface area contributed by atoms with E-state index in [-0.39, 0.29) is 17.9 Å². The summed E-state index contributed by atoms with van der Waals surface area (Å²) >= 11 is 0. The third-order valence-corrected chi connectivity index (χ3v) is 4.47. The van der Waals surface area contributed by atoms with Crippen LogP contribution in [0.5, 0.6) is 0 Å². The van der Waals surface area contributed by atoms with Gasteiger partial charge in [-0.05, 0) is 37.4 Å². The lowest BCUT2D eigenvalue weighted by atomic mass is 9.89. The van der Waals surface area contributed by atoms with Crippen molar-refractivity contribution in [3.63, 3.8) is 0 Å². The maximum Gasteiger partial charge on any atom is 0.246 e. The van der Waals surface area contributed by atoms with Gasteiger partial charge in [0, 0.05) is 14.1 Å². The highest BCUT2D eigenvalue weighted by Crippen LogP contribution is 2.29. The van der Waals surface area contributed by atoms with Gasteiger partial charge in [-0.1, -0.05) is 30.3 Å². The maximum absolute atomic E-state index is 12.6. The molecule has 1 aromatic carbocycles. The van der Waals surface area contributed by atoms with Crippen molar-refractivity contribution in [3.8, 4) is 0 Å². The van der Waals surface area contributed by atoms with Gasteiger partial charge in [0.25, 0.3) is 0 Å². The van der Waals surface area contributed by atoms with Gasteiger partial charge in [-0.25, -0.2) is 0 Å². The van der Waals surface area contributed by atoms with Crippen LogP contribution in [0.2, 0.25) is 0 Å². The highest BCUT2D eigenvalue weighted by Gasteiger charge is 2.34. The first-order valence-electron chi connectivity index (χ1n) is 7.89. The molecule has 1 aromatic rings. The highest BCUT2D eigenvalue weighted by atomic mass is 16.3. The summed E-state index contributed by atoms with van der Waals surface area (Å²) in [6, 6.07) is 9.35. The average Bonchev–Trinajstić information content (AvgIpc) is 2.55. The number of hydrogen-bond donors (Lipinski definition) is 2. The smallest absolute Gasteiger partial charge is 0.246 e. The molecule has 1 aliphatic rings. The number of aliphatic hydroxyl groups excluding tert-OH is 1. The minimum atomic E-state index is -1.10. The average molecular weight is 319 g/mol. The summed E-state index contributed by atoms with van der Waals surface area (Å²) in [6.07, 6.45) is 0.194. The minimum absolute atomic E-state index is 0.0325. The Bertz CT molecular complexity index is 539. The van der Waals surface area contributed by atoms with E-state index in [4.69, 9.17) is 5.73 Å². The van der Waals surface area contributed by atoms with Gasteiger partial charge in [-0.15, -0.1) is 0 Å². The van der Waals surface area contributed by atoms with E-state index in [2.05, 4.69) is 4.90 Å². The minimum Gasteiger partial charge on any atom is -0.383 e. The highest BCUT2D eigenvalue weighted by molar-refractivity contribution is 5.83. The molecule has 2 atom stereocenters. The molecule has 0 spiro atoms. The number of rotatable bonds is 5. The zero-order chi connectivity index (χ0) is 17.0. The van der Waals surface area contributed by atoms with Crippen LogP contribution in [-0.4, -0.2) is 60.0 Å². The SMILES string of the molecule is CN(C)C(=O)[C@@H](c1ccccc1)N1CCC([C@@H](O)C(N)=O)CC1. The predicted molar refractivity (Wildman–Crippen MR) is 87.4 cm³/mol. The molecule has 0 aliphatic carbocycles. The summed E-state index contributed by atoms with van der Waals surface area (Å²) in [6.45, 7) is 1.29. The maximum atomic E-state index is 12.6. The molecule has 126 valence electrons. The van der Waals surface area contributed by atoms with Crippen LogP contribution >= 0.6 is 0 Å². The van der Waals surface area contributed by atoms with Crippen LogP contribution in [0.4, 0.5) is 0 Å². The number of benzene rings is 1. The monoisotopic (exact) mass is 319 g/mol. The van der Waals surface area contributed by atoms with Crippen LogP contribution < -0.4 is 5.73 Å². The van der Waals surface area contributed by atoms with Crippen molar-refractivity contribution in [1.82, 2.24) is 9.80 Å². The Morgan fingerprint density at radius 2 is 1.78 bits per heavy atom. The number of aliphatic hydroxyl groups is 1. The molecule has 1 saturated heterocycles. The fourth-order valence-electron chi connectivity index (χ4n) is 3.12. The molecule has 1 heterocycles. The molecule has 0 radical (unpaired) electrons. The Morgan fingerprint density at radius 1 is 1.22 bits per heavy atom. The van der Waals surface area contributed by atoms with Crippen molar-refractivity contribution >= 4 is 11.8 Å². The number of amides is 2. The number of carbonyl (C=O) groups is 2. The molecule has 1 fully saturated rings. The Labute approximate surface area is 136 Å². The van der Waals surface area contributed by atoms with Crippen molar-refractivity contribution in [2.24, 2.45) is 11.7 Å².